The van der Waals surface area contributed by atoms with Crippen LogP contribution in [-0.2, 0) is 0 Å². The van der Waals surface area contributed by atoms with Gasteiger partial charge in [0.15, 0.2) is 5.17 Å². The number of aliphatic imine (C=N–C) groups is 1. The van der Waals surface area contributed by atoms with Gasteiger partial charge in [-0.2, -0.15) is 0 Å². The first kappa shape index (κ1) is 14.7. The summed E-state index contributed by atoms with van der Waals surface area (Å²) in [6.45, 7) is 4.23. The van der Waals surface area contributed by atoms with E-state index >= 15 is 0 Å². The maximum atomic E-state index is 4.65. The minimum absolute atomic E-state index is 0.937. The standard InChI is InChI=1S/C17H18N2S3/c1-3-4-14-16(19-8-7-18-17(19)22-14)15-10-11-9-12(20-2)5-6-13(11)21-15/h5-6,9-10H,3-4,7-8H2,1-2H3. The van der Waals surface area contributed by atoms with Gasteiger partial charge in [0.05, 0.1) is 17.1 Å². The van der Waals surface area contributed by atoms with Gasteiger partial charge in [-0.15, -0.1) is 23.1 Å². The molecule has 2 nitrogen and oxygen atoms in total. The van der Waals surface area contributed by atoms with Gasteiger partial charge in [0, 0.05) is 21.0 Å². The van der Waals surface area contributed by atoms with Crippen molar-refractivity contribution in [1.29, 1.82) is 0 Å². The second-order valence-corrected chi connectivity index (χ2v) is 8.48. The number of rotatable bonds is 4. The number of benzene rings is 1. The Hall–Kier alpha value is -0.910. The van der Waals surface area contributed by atoms with E-state index in [0.29, 0.717) is 0 Å². The Bertz CT molecular complexity index is 788. The summed E-state index contributed by atoms with van der Waals surface area (Å²) >= 11 is 5.61. The molecule has 0 saturated heterocycles. The monoisotopic (exact) mass is 346 g/mol. The van der Waals surface area contributed by atoms with Gasteiger partial charge in [-0.05, 0) is 42.3 Å². The first-order valence-corrected chi connectivity index (χ1v) is 10.5. The molecule has 0 saturated carbocycles. The van der Waals surface area contributed by atoms with Crippen LogP contribution in [0.3, 0.4) is 0 Å². The predicted molar refractivity (Wildman–Crippen MR) is 102 cm³/mol. The maximum Gasteiger partial charge on any atom is 0.168 e. The summed E-state index contributed by atoms with van der Waals surface area (Å²) in [5.74, 6) is 0. The number of nitrogens with zero attached hydrogens (tertiary/aromatic N) is 2. The van der Waals surface area contributed by atoms with Crippen molar-refractivity contribution in [3.63, 3.8) is 0 Å². The van der Waals surface area contributed by atoms with Crippen LogP contribution >= 0.6 is 34.9 Å². The van der Waals surface area contributed by atoms with Gasteiger partial charge < -0.3 is 4.90 Å². The van der Waals surface area contributed by atoms with Gasteiger partial charge in [-0.1, -0.05) is 25.1 Å². The summed E-state index contributed by atoms with van der Waals surface area (Å²) in [5, 5.41) is 2.57. The van der Waals surface area contributed by atoms with Crippen molar-refractivity contribution in [2.75, 3.05) is 19.3 Å². The molecule has 0 N–H and O–H groups in total. The SMILES string of the molecule is CCCC1=C(c2cc3cc(SC)ccc3s2)N2CCN=C2S1. The molecule has 22 heavy (non-hydrogen) atoms. The summed E-state index contributed by atoms with van der Waals surface area (Å²) < 4.78 is 1.38. The van der Waals surface area contributed by atoms with Crippen LogP contribution in [0.15, 0.2) is 39.1 Å². The third-order valence-corrected chi connectivity index (χ3v) is 7.01. The first-order valence-electron chi connectivity index (χ1n) is 7.61. The highest BCUT2D eigenvalue weighted by Gasteiger charge is 2.33. The van der Waals surface area contributed by atoms with Crippen molar-refractivity contribution in [1.82, 2.24) is 4.90 Å². The van der Waals surface area contributed by atoms with Crippen LogP contribution in [0.25, 0.3) is 15.8 Å². The Balaban J connectivity index is 1.81. The van der Waals surface area contributed by atoms with E-state index in [-0.39, 0.29) is 0 Å². The number of thioether (sulfide) groups is 2. The van der Waals surface area contributed by atoms with E-state index in [1.807, 2.05) is 34.9 Å². The third kappa shape index (κ3) is 2.39. The minimum atomic E-state index is 0.937. The Morgan fingerprint density at radius 3 is 3.05 bits per heavy atom. The van der Waals surface area contributed by atoms with Crippen molar-refractivity contribution >= 4 is 55.8 Å². The lowest BCUT2D eigenvalue weighted by Gasteiger charge is -2.15. The summed E-state index contributed by atoms with van der Waals surface area (Å²) in [6, 6.07) is 9.16. The smallest absolute Gasteiger partial charge is 0.168 e. The molecule has 5 heteroatoms. The van der Waals surface area contributed by atoms with Gasteiger partial charge in [0.2, 0.25) is 0 Å². The molecule has 2 aliphatic heterocycles. The molecule has 0 amide bonds. The van der Waals surface area contributed by atoms with E-state index < -0.39 is 0 Å². The molecule has 0 fully saturated rings. The van der Waals surface area contributed by atoms with Crippen molar-refractivity contribution in [3.05, 3.63) is 34.0 Å². The number of allylic oxidation sites excluding steroid dienone is 1. The van der Waals surface area contributed by atoms with E-state index in [1.54, 1.807) is 0 Å². The number of amidine groups is 1. The second-order valence-electron chi connectivity index (χ2n) is 5.45. The highest BCUT2D eigenvalue weighted by atomic mass is 32.2. The number of hydrogen-bond donors (Lipinski definition) is 0. The lowest BCUT2D eigenvalue weighted by Crippen LogP contribution is -2.19. The van der Waals surface area contributed by atoms with Crippen molar-refractivity contribution in [2.24, 2.45) is 4.99 Å². The van der Waals surface area contributed by atoms with E-state index in [2.05, 4.69) is 47.3 Å². The lowest BCUT2D eigenvalue weighted by atomic mass is 10.2. The molecule has 0 unspecified atom stereocenters. The molecule has 2 aliphatic rings. The average molecular weight is 347 g/mol. The number of fused-ring (bicyclic) bond motifs is 2. The molecular weight excluding hydrogens is 328 g/mol. The van der Waals surface area contributed by atoms with Crippen molar-refractivity contribution < 1.29 is 0 Å². The Kier molecular flexibility index (Phi) is 3.96. The van der Waals surface area contributed by atoms with Gasteiger partial charge >= 0.3 is 0 Å². The lowest BCUT2D eigenvalue weighted by molar-refractivity contribution is 0.647. The normalized spacial score (nSPS) is 17.5. The van der Waals surface area contributed by atoms with Gasteiger partial charge in [-0.25, -0.2) is 0 Å². The number of thiophene rings is 1. The van der Waals surface area contributed by atoms with Crippen LogP contribution in [0.5, 0.6) is 0 Å². The third-order valence-electron chi connectivity index (χ3n) is 3.98. The maximum absolute atomic E-state index is 4.65. The molecule has 1 aromatic heterocycles. The molecule has 0 spiro atoms. The van der Waals surface area contributed by atoms with E-state index in [1.165, 1.54) is 42.0 Å². The van der Waals surface area contributed by atoms with Crippen molar-refractivity contribution in [2.45, 2.75) is 24.7 Å². The van der Waals surface area contributed by atoms with Gasteiger partial charge in [-0.3, -0.25) is 4.99 Å². The number of hydrogen-bond acceptors (Lipinski definition) is 5. The zero-order chi connectivity index (χ0) is 15.1. The summed E-state index contributed by atoms with van der Waals surface area (Å²) in [7, 11) is 0. The Labute approximate surface area is 143 Å². The van der Waals surface area contributed by atoms with E-state index in [4.69, 9.17) is 0 Å². The molecule has 1 aromatic carbocycles. The molecule has 0 radical (unpaired) electrons. The molecule has 3 heterocycles. The van der Waals surface area contributed by atoms with Crippen LogP contribution < -0.4 is 0 Å². The largest absolute Gasteiger partial charge is 0.317 e. The fourth-order valence-corrected chi connectivity index (χ4v) is 5.89. The van der Waals surface area contributed by atoms with Gasteiger partial charge in [0.1, 0.15) is 0 Å². The molecule has 114 valence electrons. The average Bonchev–Trinajstić information content (AvgIpc) is 3.19. The van der Waals surface area contributed by atoms with Crippen molar-refractivity contribution in [3.8, 4) is 0 Å². The van der Waals surface area contributed by atoms with Crippen LogP contribution in [-0.4, -0.2) is 29.4 Å². The zero-order valence-corrected chi connectivity index (χ0v) is 15.2. The van der Waals surface area contributed by atoms with Crippen LogP contribution in [0.2, 0.25) is 0 Å². The summed E-state index contributed by atoms with van der Waals surface area (Å²) in [4.78, 5) is 11.3. The van der Waals surface area contributed by atoms with Gasteiger partial charge in [0.25, 0.3) is 0 Å². The highest BCUT2D eigenvalue weighted by molar-refractivity contribution is 8.17. The molecule has 2 aromatic rings. The first-order chi connectivity index (χ1) is 10.8. The summed E-state index contributed by atoms with van der Waals surface area (Å²) in [5.41, 5.74) is 1.43. The van der Waals surface area contributed by atoms with E-state index in [9.17, 15) is 0 Å². The molecule has 0 atom stereocenters. The topological polar surface area (TPSA) is 15.6 Å². The zero-order valence-electron chi connectivity index (χ0n) is 12.8. The minimum Gasteiger partial charge on any atom is -0.317 e. The molecule has 4 rings (SSSR count). The Morgan fingerprint density at radius 2 is 2.23 bits per heavy atom. The summed E-state index contributed by atoms with van der Waals surface area (Å²) in [6.07, 6.45) is 4.48. The predicted octanol–water partition coefficient (Wildman–Crippen LogP) is 5.51. The van der Waals surface area contributed by atoms with Crippen LogP contribution in [0, 0.1) is 0 Å². The quantitative estimate of drug-likeness (QED) is 0.679. The molecule has 0 bridgehead atoms. The van der Waals surface area contributed by atoms with Crippen LogP contribution in [0.4, 0.5) is 0 Å². The molecule has 0 aliphatic carbocycles. The van der Waals surface area contributed by atoms with Crippen LogP contribution in [0.1, 0.15) is 24.6 Å². The highest BCUT2D eigenvalue weighted by Crippen LogP contribution is 2.46. The van der Waals surface area contributed by atoms with E-state index in [0.717, 1.165) is 19.5 Å². The fraction of sp³-hybridized carbons (Fsp3) is 0.353. The fourth-order valence-electron chi connectivity index (χ4n) is 2.96. The Morgan fingerprint density at radius 1 is 1.32 bits per heavy atom. The molecular formula is C17H18N2S3. The second kappa shape index (κ2) is 5.95.